The number of nitrogens with zero attached hydrogens (tertiary/aromatic N) is 4. The standard InChI is InChI=1S/C14H19N5O/c1-10-11(4-3-5-15-10)7-19-8-12(14(9-19)20-2)13-6-16-18-17-13/h3-6,12,14H,7-9H2,1-2H3,(H,16,17,18)/t12-,14+/m0/s1. The number of hydrogen-bond acceptors (Lipinski definition) is 5. The van der Waals surface area contributed by atoms with Crippen LogP contribution in [0.25, 0.3) is 0 Å². The van der Waals surface area contributed by atoms with E-state index in [0.29, 0.717) is 0 Å². The van der Waals surface area contributed by atoms with Gasteiger partial charge in [0.15, 0.2) is 0 Å². The van der Waals surface area contributed by atoms with Crippen LogP contribution in [0.4, 0.5) is 0 Å². The smallest absolute Gasteiger partial charge is 0.0894 e. The molecule has 106 valence electrons. The lowest BCUT2D eigenvalue weighted by Gasteiger charge is -2.16. The number of methoxy groups -OCH3 is 1. The zero-order valence-corrected chi connectivity index (χ0v) is 11.8. The number of pyridine rings is 1. The Morgan fingerprint density at radius 2 is 2.35 bits per heavy atom. The molecule has 3 heterocycles. The van der Waals surface area contributed by atoms with Crippen molar-refractivity contribution >= 4 is 0 Å². The lowest BCUT2D eigenvalue weighted by Crippen LogP contribution is -2.23. The van der Waals surface area contributed by atoms with Crippen molar-refractivity contribution in [1.29, 1.82) is 0 Å². The van der Waals surface area contributed by atoms with Crippen molar-refractivity contribution in [2.24, 2.45) is 0 Å². The van der Waals surface area contributed by atoms with Crippen LogP contribution in [0, 0.1) is 6.92 Å². The monoisotopic (exact) mass is 273 g/mol. The van der Waals surface area contributed by atoms with Crippen LogP contribution < -0.4 is 0 Å². The van der Waals surface area contributed by atoms with E-state index in [1.54, 1.807) is 13.3 Å². The Hall–Kier alpha value is -1.79. The summed E-state index contributed by atoms with van der Waals surface area (Å²) >= 11 is 0. The van der Waals surface area contributed by atoms with E-state index in [2.05, 4.69) is 31.4 Å². The summed E-state index contributed by atoms with van der Waals surface area (Å²) in [7, 11) is 1.76. The van der Waals surface area contributed by atoms with Gasteiger partial charge in [-0.3, -0.25) is 9.88 Å². The molecule has 0 aliphatic carbocycles. The van der Waals surface area contributed by atoms with Gasteiger partial charge < -0.3 is 4.74 Å². The molecule has 0 spiro atoms. The molecule has 2 aromatic heterocycles. The highest BCUT2D eigenvalue weighted by atomic mass is 16.5. The highest BCUT2D eigenvalue weighted by Gasteiger charge is 2.35. The molecule has 6 heteroatoms. The molecule has 0 saturated carbocycles. The van der Waals surface area contributed by atoms with E-state index in [-0.39, 0.29) is 12.0 Å². The third-order valence-corrected chi connectivity index (χ3v) is 3.97. The molecule has 1 saturated heterocycles. The molecule has 2 aromatic rings. The number of H-pyrrole nitrogens is 1. The van der Waals surface area contributed by atoms with Crippen LogP contribution in [-0.4, -0.2) is 51.6 Å². The van der Waals surface area contributed by atoms with Gasteiger partial charge in [-0.25, -0.2) is 0 Å². The average molecular weight is 273 g/mol. The molecule has 20 heavy (non-hydrogen) atoms. The second-order valence-corrected chi connectivity index (χ2v) is 5.22. The topological polar surface area (TPSA) is 66.9 Å². The van der Waals surface area contributed by atoms with Gasteiger partial charge in [0, 0.05) is 44.6 Å². The van der Waals surface area contributed by atoms with Crippen molar-refractivity contribution in [3.05, 3.63) is 41.5 Å². The van der Waals surface area contributed by atoms with Crippen LogP contribution in [0.3, 0.4) is 0 Å². The van der Waals surface area contributed by atoms with Crippen molar-refractivity contribution in [3.63, 3.8) is 0 Å². The first kappa shape index (κ1) is 13.2. The molecular weight excluding hydrogens is 254 g/mol. The van der Waals surface area contributed by atoms with E-state index in [1.165, 1.54) is 5.56 Å². The SMILES string of the molecule is CO[C@@H]1CN(Cc2cccnc2C)C[C@H]1c1cn[nH]n1. The van der Waals surface area contributed by atoms with Gasteiger partial charge in [0.05, 0.1) is 18.0 Å². The van der Waals surface area contributed by atoms with Crippen molar-refractivity contribution in [3.8, 4) is 0 Å². The van der Waals surface area contributed by atoms with E-state index in [9.17, 15) is 0 Å². The Morgan fingerprint density at radius 1 is 1.45 bits per heavy atom. The first-order valence-electron chi connectivity index (χ1n) is 6.79. The summed E-state index contributed by atoms with van der Waals surface area (Å²) in [5, 5.41) is 10.8. The van der Waals surface area contributed by atoms with Gasteiger partial charge >= 0.3 is 0 Å². The summed E-state index contributed by atoms with van der Waals surface area (Å²) < 4.78 is 5.61. The van der Waals surface area contributed by atoms with E-state index in [4.69, 9.17) is 4.74 Å². The van der Waals surface area contributed by atoms with E-state index >= 15 is 0 Å². The summed E-state index contributed by atoms with van der Waals surface area (Å²) in [6, 6.07) is 4.12. The van der Waals surface area contributed by atoms with Gasteiger partial charge in [0.25, 0.3) is 0 Å². The lowest BCUT2D eigenvalue weighted by molar-refractivity contribution is 0.0957. The molecule has 3 rings (SSSR count). The number of aromatic nitrogens is 4. The van der Waals surface area contributed by atoms with Crippen LogP contribution in [-0.2, 0) is 11.3 Å². The lowest BCUT2D eigenvalue weighted by atomic mass is 10.0. The average Bonchev–Trinajstić information content (AvgIpc) is 3.09. The second-order valence-electron chi connectivity index (χ2n) is 5.22. The number of aromatic amines is 1. The highest BCUT2D eigenvalue weighted by Crippen LogP contribution is 2.29. The van der Waals surface area contributed by atoms with Crippen molar-refractivity contribution < 1.29 is 4.74 Å². The van der Waals surface area contributed by atoms with Gasteiger partial charge in [0.2, 0.25) is 0 Å². The fraction of sp³-hybridized carbons (Fsp3) is 0.500. The third kappa shape index (κ3) is 2.57. The predicted molar refractivity (Wildman–Crippen MR) is 74.2 cm³/mol. The molecular formula is C14H19N5O. The fourth-order valence-electron chi connectivity index (χ4n) is 2.82. The molecule has 0 unspecified atom stereocenters. The van der Waals surface area contributed by atoms with Gasteiger partial charge in [-0.1, -0.05) is 6.07 Å². The highest BCUT2D eigenvalue weighted by molar-refractivity contribution is 5.19. The van der Waals surface area contributed by atoms with Gasteiger partial charge in [0.1, 0.15) is 0 Å². The van der Waals surface area contributed by atoms with Gasteiger partial charge in [-0.15, -0.1) is 0 Å². The Kier molecular flexibility index (Phi) is 3.75. The fourth-order valence-corrected chi connectivity index (χ4v) is 2.82. The molecule has 0 bridgehead atoms. The maximum absolute atomic E-state index is 5.61. The summed E-state index contributed by atoms with van der Waals surface area (Å²) in [5.41, 5.74) is 3.33. The predicted octanol–water partition coefficient (Wildman–Crippen LogP) is 1.12. The van der Waals surface area contributed by atoms with Gasteiger partial charge in [-0.2, -0.15) is 15.4 Å². The van der Waals surface area contributed by atoms with Gasteiger partial charge in [-0.05, 0) is 18.6 Å². The minimum Gasteiger partial charge on any atom is -0.379 e. The van der Waals surface area contributed by atoms with Crippen LogP contribution >= 0.6 is 0 Å². The van der Waals surface area contributed by atoms with Crippen molar-refractivity contribution in [2.75, 3.05) is 20.2 Å². The maximum atomic E-state index is 5.61. The minimum atomic E-state index is 0.164. The zero-order chi connectivity index (χ0) is 13.9. The third-order valence-electron chi connectivity index (χ3n) is 3.97. The molecule has 1 aliphatic heterocycles. The number of rotatable bonds is 4. The quantitative estimate of drug-likeness (QED) is 0.904. The molecule has 0 aromatic carbocycles. The number of likely N-dealkylation sites (tertiary alicyclic amines) is 1. The van der Waals surface area contributed by atoms with E-state index < -0.39 is 0 Å². The van der Waals surface area contributed by atoms with E-state index in [0.717, 1.165) is 31.0 Å². The molecule has 0 amide bonds. The molecule has 1 fully saturated rings. The first-order chi connectivity index (χ1) is 9.78. The summed E-state index contributed by atoms with van der Waals surface area (Å²) in [5.74, 6) is 0.274. The zero-order valence-electron chi connectivity index (χ0n) is 11.8. The number of aryl methyl sites for hydroxylation is 1. The maximum Gasteiger partial charge on any atom is 0.0894 e. The molecule has 1 aliphatic rings. The Morgan fingerprint density at radius 3 is 3.05 bits per heavy atom. The summed E-state index contributed by atoms with van der Waals surface area (Å²) in [4.78, 5) is 6.73. The molecule has 1 N–H and O–H groups in total. The number of hydrogen-bond donors (Lipinski definition) is 1. The number of ether oxygens (including phenoxy) is 1. The Balaban J connectivity index is 1.72. The minimum absolute atomic E-state index is 0.164. The molecule has 6 nitrogen and oxygen atoms in total. The Bertz CT molecular complexity index is 556. The number of nitrogens with one attached hydrogen (secondary N) is 1. The molecule has 0 radical (unpaired) electrons. The van der Waals surface area contributed by atoms with Crippen LogP contribution in [0.15, 0.2) is 24.5 Å². The van der Waals surface area contributed by atoms with Crippen LogP contribution in [0.5, 0.6) is 0 Å². The van der Waals surface area contributed by atoms with Crippen molar-refractivity contribution in [2.45, 2.75) is 25.5 Å². The Labute approximate surface area is 118 Å². The van der Waals surface area contributed by atoms with Crippen LogP contribution in [0.1, 0.15) is 22.9 Å². The second kappa shape index (κ2) is 5.68. The first-order valence-corrected chi connectivity index (χ1v) is 6.79. The normalized spacial score (nSPS) is 23.3. The summed E-state index contributed by atoms with van der Waals surface area (Å²) in [6.07, 6.45) is 3.78. The largest absolute Gasteiger partial charge is 0.379 e. The van der Waals surface area contributed by atoms with Crippen molar-refractivity contribution in [1.82, 2.24) is 25.3 Å². The van der Waals surface area contributed by atoms with Crippen LogP contribution in [0.2, 0.25) is 0 Å². The van der Waals surface area contributed by atoms with E-state index in [1.807, 2.05) is 19.2 Å². The summed E-state index contributed by atoms with van der Waals surface area (Å²) in [6.45, 7) is 4.78. The molecule has 2 atom stereocenters.